The number of esters is 1. The Kier molecular flexibility index (Phi) is 8.24. The molecule has 5 aromatic rings. The minimum absolute atomic E-state index is 0.203. The van der Waals surface area contributed by atoms with E-state index in [-0.39, 0.29) is 11.5 Å². The molecule has 204 valence electrons. The maximum absolute atomic E-state index is 13.3. The standard InChI is InChI=1S/C33H25BrN2O5/c1-40-29-20-22(19-28(34)30(29)41-31(37)27-18-10-12-23-11-8-9-17-26(23)27)21-35-36-32(38)33(39,24-13-4-2-5-14-24)25-15-6-3-7-16-25/h2-21,39H,1H3,(H,36,38)/b35-21-. The molecule has 8 heteroatoms. The van der Waals surface area contributed by atoms with Gasteiger partial charge in [0.2, 0.25) is 0 Å². The third kappa shape index (κ3) is 5.75. The van der Waals surface area contributed by atoms with Gasteiger partial charge in [-0.15, -0.1) is 0 Å². The molecule has 5 rings (SSSR count). The first-order valence-corrected chi connectivity index (χ1v) is 13.5. The fraction of sp³-hybridized carbons (Fsp3) is 0.0606. The largest absolute Gasteiger partial charge is 0.493 e. The fourth-order valence-electron chi connectivity index (χ4n) is 4.50. The zero-order valence-corrected chi connectivity index (χ0v) is 23.5. The first-order chi connectivity index (χ1) is 19.9. The van der Waals surface area contributed by atoms with Crippen molar-refractivity contribution in [2.75, 3.05) is 7.11 Å². The van der Waals surface area contributed by atoms with Crippen LogP contribution < -0.4 is 14.9 Å². The molecule has 0 aromatic heterocycles. The number of hydrogen-bond donors (Lipinski definition) is 2. The summed E-state index contributed by atoms with van der Waals surface area (Å²) in [5, 5.41) is 17.3. The van der Waals surface area contributed by atoms with Gasteiger partial charge in [-0.2, -0.15) is 5.10 Å². The second-order valence-electron chi connectivity index (χ2n) is 9.09. The number of halogens is 1. The summed E-state index contributed by atoms with van der Waals surface area (Å²) in [6.07, 6.45) is 1.40. The van der Waals surface area contributed by atoms with E-state index in [1.54, 1.807) is 84.9 Å². The quantitative estimate of drug-likeness (QED) is 0.0943. The number of nitrogens with one attached hydrogen (secondary N) is 1. The molecule has 0 unspecified atom stereocenters. The van der Waals surface area contributed by atoms with E-state index >= 15 is 0 Å². The lowest BCUT2D eigenvalue weighted by Crippen LogP contribution is -2.43. The Morgan fingerprint density at radius 2 is 1.46 bits per heavy atom. The van der Waals surface area contributed by atoms with Gasteiger partial charge in [-0.3, -0.25) is 4.79 Å². The highest BCUT2D eigenvalue weighted by atomic mass is 79.9. The summed E-state index contributed by atoms with van der Waals surface area (Å²) in [4.78, 5) is 26.4. The number of nitrogens with zero attached hydrogens (tertiary/aromatic N) is 1. The van der Waals surface area contributed by atoms with Crippen molar-refractivity contribution in [1.29, 1.82) is 0 Å². The maximum Gasteiger partial charge on any atom is 0.344 e. The molecule has 41 heavy (non-hydrogen) atoms. The van der Waals surface area contributed by atoms with Crippen LogP contribution in [0.3, 0.4) is 0 Å². The van der Waals surface area contributed by atoms with Gasteiger partial charge in [-0.05, 0) is 61.6 Å². The molecule has 0 fully saturated rings. The lowest BCUT2D eigenvalue weighted by Gasteiger charge is -2.27. The Hall–Kier alpha value is -4.79. The number of carbonyl (C=O) groups is 2. The number of benzene rings is 5. The van der Waals surface area contributed by atoms with E-state index < -0.39 is 17.5 Å². The minimum Gasteiger partial charge on any atom is -0.493 e. The van der Waals surface area contributed by atoms with E-state index in [9.17, 15) is 14.7 Å². The highest BCUT2D eigenvalue weighted by Crippen LogP contribution is 2.37. The van der Waals surface area contributed by atoms with Gasteiger partial charge in [0.05, 0.1) is 23.4 Å². The molecule has 0 spiro atoms. The summed E-state index contributed by atoms with van der Waals surface area (Å²) >= 11 is 3.46. The van der Waals surface area contributed by atoms with Crippen molar-refractivity contribution in [1.82, 2.24) is 5.43 Å². The highest BCUT2D eigenvalue weighted by Gasteiger charge is 2.39. The monoisotopic (exact) mass is 608 g/mol. The van der Waals surface area contributed by atoms with Crippen LogP contribution in [0.25, 0.3) is 10.8 Å². The van der Waals surface area contributed by atoms with Crippen LogP contribution in [0.1, 0.15) is 27.0 Å². The molecule has 0 aliphatic carbocycles. The second kappa shape index (κ2) is 12.2. The molecular weight excluding hydrogens is 584 g/mol. The van der Waals surface area contributed by atoms with Crippen LogP contribution in [0.15, 0.2) is 125 Å². The number of fused-ring (bicyclic) bond motifs is 1. The van der Waals surface area contributed by atoms with Gasteiger partial charge in [-0.25, -0.2) is 10.2 Å². The van der Waals surface area contributed by atoms with Gasteiger partial charge >= 0.3 is 5.97 Å². The zero-order chi connectivity index (χ0) is 28.8. The number of amides is 1. The van der Waals surface area contributed by atoms with Crippen molar-refractivity contribution in [3.63, 3.8) is 0 Å². The van der Waals surface area contributed by atoms with Gasteiger partial charge in [0.1, 0.15) is 0 Å². The Labute approximate surface area is 245 Å². The molecule has 7 nitrogen and oxygen atoms in total. The van der Waals surface area contributed by atoms with Crippen LogP contribution >= 0.6 is 15.9 Å². The Morgan fingerprint density at radius 3 is 2.12 bits per heavy atom. The number of carbonyl (C=O) groups excluding carboxylic acids is 2. The van der Waals surface area contributed by atoms with Crippen LogP contribution in [0, 0.1) is 0 Å². The van der Waals surface area contributed by atoms with Crippen molar-refractivity contribution in [2.24, 2.45) is 5.10 Å². The molecule has 5 aromatic carbocycles. The lowest BCUT2D eigenvalue weighted by atomic mass is 9.85. The normalized spacial score (nSPS) is 11.4. The van der Waals surface area contributed by atoms with Crippen LogP contribution in [-0.4, -0.2) is 30.3 Å². The van der Waals surface area contributed by atoms with Crippen LogP contribution in [-0.2, 0) is 10.4 Å². The predicted octanol–water partition coefficient (Wildman–Crippen LogP) is 6.22. The van der Waals surface area contributed by atoms with Crippen molar-refractivity contribution < 1.29 is 24.2 Å². The summed E-state index contributed by atoms with van der Waals surface area (Å²) in [6, 6.07) is 33.6. The second-order valence-corrected chi connectivity index (χ2v) is 9.95. The average molecular weight is 609 g/mol. The summed E-state index contributed by atoms with van der Waals surface area (Å²) in [6.45, 7) is 0. The van der Waals surface area contributed by atoms with E-state index in [2.05, 4.69) is 26.5 Å². The molecular formula is C33H25BrN2O5. The number of aliphatic hydroxyl groups is 1. The number of ether oxygens (including phenoxy) is 2. The molecule has 0 saturated carbocycles. The molecule has 0 saturated heterocycles. The number of methoxy groups -OCH3 is 1. The van der Waals surface area contributed by atoms with Crippen molar-refractivity contribution in [3.8, 4) is 11.5 Å². The highest BCUT2D eigenvalue weighted by molar-refractivity contribution is 9.10. The predicted molar refractivity (Wildman–Crippen MR) is 161 cm³/mol. The molecule has 0 bridgehead atoms. The van der Waals surface area contributed by atoms with Gasteiger partial charge in [0.15, 0.2) is 17.1 Å². The topological polar surface area (TPSA) is 97.2 Å². The summed E-state index contributed by atoms with van der Waals surface area (Å²) in [5.74, 6) is -0.770. The van der Waals surface area contributed by atoms with Gasteiger partial charge in [0.25, 0.3) is 5.91 Å². The van der Waals surface area contributed by atoms with Crippen molar-refractivity contribution >= 4 is 44.8 Å². The smallest absolute Gasteiger partial charge is 0.344 e. The maximum atomic E-state index is 13.3. The van der Waals surface area contributed by atoms with E-state index in [4.69, 9.17) is 9.47 Å². The summed E-state index contributed by atoms with van der Waals surface area (Å²) in [7, 11) is 1.46. The summed E-state index contributed by atoms with van der Waals surface area (Å²) in [5.41, 5.74) is 2.27. The van der Waals surface area contributed by atoms with Crippen LogP contribution in [0.5, 0.6) is 11.5 Å². The van der Waals surface area contributed by atoms with E-state index in [0.717, 1.165) is 10.8 Å². The molecule has 2 N–H and O–H groups in total. The van der Waals surface area contributed by atoms with Crippen molar-refractivity contribution in [2.45, 2.75) is 5.60 Å². The van der Waals surface area contributed by atoms with Gasteiger partial charge in [0, 0.05) is 0 Å². The summed E-state index contributed by atoms with van der Waals surface area (Å²) < 4.78 is 11.7. The number of rotatable bonds is 8. The Bertz CT molecular complexity index is 1690. The van der Waals surface area contributed by atoms with E-state index in [1.807, 2.05) is 30.3 Å². The third-order valence-electron chi connectivity index (χ3n) is 6.55. The molecule has 0 radical (unpaired) electrons. The number of hydrazone groups is 1. The van der Waals surface area contributed by atoms with Gasteiger partial charge < -0.3 is 14.6 Å². The fourth-order valence-corrected chi connectivity index (χ4v) is 5.04. The lowest BCUT2D eigenvalue weighted by molar-refractivity contribution is -0.136. The van der Waals surface area contributed by atoms with Crippen LogP contribution in [0.2, 0.25) is 0 Å². The molecule has 0 heterocycles. The van der Waals surface area contributed by atoms with Gasteiger partial charge in [-0.1, -0.05) is 97.1 Å². The first kappa shape index (κ1) is 27.8. The first-order valence-electron chi connectivity index (χ1n) is 12.7. The third-order valence-corrected chi connectivity index (χ3v) is 7.14. The van der Waals surface area contributed by atoms with E-state index in [0.29, 0.717) is 26.7 Å². The Morgan fingerprint density at radius 1 is 0.854 bits per heavy atom. The van der Waals surface area contributed by atoms with Crippen LogP contribution in [0.4, 0.5) is 0 Å². The molecule has 0 aliphatic rings. The Balaban J connectivity index is 1.37. The minimum atomic E-state index is -1.96. The molecule has 1 amide bonds. The SMILES string of the molecule is COc1cc(/C=N\NC(=O)C(O)(c2ccccc2)c2ccccc2)cc(Br)c1OC(=O)c1cccc2ccccc12. The number of hydrogen-bond acceptors (Lipinski definition) is 6. The van der Waals surface area contributed by atoms with E-state index in [1.165, 1.54) is 13.3 Å². The molecule has 0 aliphatic heterocycles. The average Bonchev–Trinajstić information content (AvgIpc) is 3.02. The molecule has 0 atom stereocenters. The zero-order valence-electron chi connectivity index (χ0n) is 22.0. The van der Waals surface area contributed by atoms with Crippen molar-refractivity contribution in [3.05, 3.63) is 142 Å².